The molecule has 1 aliphatic heterocycles. The third-order valence-corrected chi connectivity index (χ3v) is 2.40. The minimum atomic E-state index is 0.526. The molecular formula is C10H22N+. The van der Waals surface area contributed by atoms with Crippen LogP contribution in [-0.4, -0.2) is 12.6 Å². The van der Waals surface area contributed by atoms with Crippen LogP contribution in [0.15, 0.2) is 0 Å². The van der Waals surface area contributed by atoms with E-state index in [9.17, 15) is 0 Å². The van der Waals surface area contributed by atoms with Crippen LogP contribution in [0.2, 0.25) is 0 Å². The summed E-state index contributed by atoms with van der Waals surface area (Å²) < 4.78 is 0. The van der Waals surface area contributed by atoms with E-state index in [0.29, 0.717) is 5.41 Å². The van der Waals surface area contributed by atoms with Crippen molar-refractivity contribution in [1.82, 2.24) is 0 Å². The molecule has 2 N–H and O–H groups in total. The number of nitrogens with two attached hydrogens (primary N) is 1. The SMILES string of the molecule is CC(C)(C)C[C@@H]1CCCC[NH2+]1. The lowest BCUT2D eigenvalue weighted by Gasteiger charge is -2.27. The van der Waals surface area contributed by atoms with Crippen LogP contribution in [0.3, 0.4) is 0 Å². The Balaban J connectivity index is 2.24. The maximum atomic E-state index is 2.54. The highest BCUT2D eigenvalue weighted by molar-refractivity contribution is 4.69. The summed E-state index contributed by atoms with van der Waals surface area (Å²) in [5.41, 5.74) is 0.526. The fourth-order valence-electron chi connectivity index (χ4n) is 1.99. The van der Waals surface area contributed by atoms with Crippen molar-refractivity contribution in [2.75, 3.05) is 6.54 Å². The smallest absolute Gasteiger partial charge is 0.0864 e. The second kappa shape index (κ2) is 3.57. The number of rotatable bonds is 1. The van der Waals surface area contributed by atoms with Gasteiger partial charge >= 0.3 is 0 Å². The van der Waals surface area contributed by atoms with Gasteiger partial charge in [-0.05, 0) is 24.7 Å². The molecule has 0 radical (unpaired) electrons. The number of hydrogen-bond donors (Lipinski definition) is 1. The summed E-state index contributed by atoms with van der Waals surface area (Å²) in [6, 6.07) is 0.920. The zero-order valence-electron chi connectivity index (χ0n) is 8.19. The minimum absolute atomic E-state index is 0.526. The fraction of sp³-hybridized carbons (Fsp3) is 1.00. The molecule has 1 aliphatic rings. The van der Waals surface area contributed by atoms with Gasteiger partial charge in [-0.1, -0.05) is 20.8 Å². The van der Waals surface area contributed by atoms with Crippen molar-refractivity contribution in [2.45, 2.75) is 52.5 Å². The summed E-state index contributed by atoms with van der Waals surface area (Å²) in [5, 5.41) is 2.54. The van der Waals surface area contributed by atoms with Crippen molar-refractivity contribution in [3.05, 3.63) is 0 Å². The van der Waals surface area contributed by atoms with Crippen molar-refractivity contribution >= 4 is 0 Å². The standard InChI is InChI=1S/C10H21N/c1-10(2,3)8-9-6-4-5-7-11-9/h9,11H,4-8H2,1-3H3/p+1/t9-/m0/s1. The zero-order valence-corrected chi connectivity index (χ0v) is 8.19. The van der Waals surface area contributed by atoms with Gasteiger partial charge in [0.25, 0.3) is 0 Å². The highest BCUT2D eigenvalue weighted by Crippen LogP contribution is 2.22. The van der Waals surface area contributed by atoms with Gasteiger partial charge in [-0.15, -0.1) is 0 Å². The van der Waals surface area contributed by atoms with Crippen LogP contribution in [-0.2, 0) is 0 Å². The molecule has 1 rings (SSSR count). The molecule has 0 spiro atoms. The maximum absolute atomic E-state index is 2.54. The van der Waals surface area contributed by atoms with Crippen LogP contribution < -0.4 is 5.32 Å². The summed E-state index contributed by atoms with van der Waals surface area (Å²) in [7, 11) is 0. The molecule has 0 aromatic rings. The Morgan fingerprint density at radius 1 is 1.27 bits per heavy atom. The molecule has 0 aliphatic carbocycles. The normalized spacial score (nSPS) is 27.0. The van der Waals surface area contributed by atoms with E-state index in [1.54, 1.807) is 0 Å². The van der Waals surface area contributed by atoms with Crippen molar-refractivity contribution in [2.24, 2.45) is 5.41 Å². The molecule has 0 aromatic heterocycles. The first-order chi connectivity index (χ1) is 5.08. The third kappa shape index (κ3) is 3.76. The van der Waals surface area contributed by atoms with Gasteiger partial charge in [-0.3, -0.25) is 0 Å². The summed E-state index contributed by atoms with van der Waals surface area (Å²) in [6.07, 6.45) is 5.71. The second-order valence-corrected chi connectivity index (χ2v) is 5.05. The molecule has 1 saturated heterocycles. The van der Waals surface area contributed by atoms with E-state index >= 15 is 0 Å². The quantitative estimate of drug-likeness (QED) is 0.593. The summed E-state index contributed by atoms with van der Waals surface area (Å²) >= 11 is 0. The first-order valence-corrected chi connectivity index (χ1v) is 4.91. The summed E-state index contributed by atoms with van der Waals surface area (Å²) in [5.74, 6) is 0. The van der Waals surface area contributed by atoms with Crippen LogP contribution >= 0.6 is 0 Å². The lowest BCUT2D eigenvalue weighted by atomic mass is 9.85. The van der Waals surface area contributed by atoms with Gasteiger partial charge in [0.1, 0.15) is 0 Å². The van der Waals surface area contributed by atoms with Crippen LogP contribution in [0, 0.1) is 5.41 Å². The predicted octanol–water partition coefficient (Wildman–Crippen LogP) is 1.54. The average Bonchev–Trinajstić information content (AvgIpc) is 1.85. The zero-order chi connectivity index (χ0) is 8.32. The third-order valence-electron chi connectivity index (χ3n) is 2.40. The van der Waals surface area contributed by atoms with E-state index in [2.05, 4.69) is 26.1 Å². The highest BCUT2D eigenvalue weighted by atomic mass is 14.9. The van der Waals surface area contributed by atoms with E-state index in [1.807, 2.05) is 0 Å². The average molecular weight is 156 g/mol. The molecule has 0 unspecified atom stereocenters. The number of hydrogen-bond acceptors (Lipinski definition) is 0. The topological polar surface area (TPSA) is 16.6 Å². The van der Waals surface area contributed by atoms with Crippen LogP contribution in [0.1, 0.15) is 46.5 Å². The number of piperidine rings is 1. The van der Waals surface area contributed by atoms with E-state index in [0.717, 1.165) is 6.04 Å². The summed E-state index contributed by atoms with van der Waals surface area (Å²) in [6.45, 7) is 8.39. The van der Waals surface area contributed by atoms with Gasteiger partial charge in [0, 0.05) is 6.42 Å². The predicted molar refractivity (Wildman–Crippen MR) is 48.5 cm³/mol. The lowest BCUT2D eigenvalue weighted by molar-refractivity contribution is -0.699. The van der Waals surface area contributed by atoms with Gasteiger partial charge in [0.05, 0.1) is 12.6 Å². The largest absolute Gasteiger partial charge is 0.344 e. The number of quaternary nitrogens is 1. The van der Waals surface area contributed by atoms with E-state index in [-0.39, 0.29) is 0 Å². The fourth-order valence-corrected chi connectivity index (χ4v) is 1.99. The molecule has 1 nitrogen and oxygen atoms in total. The molecule has 1 heteroatoms. The highest BCUT2D eigenvalue weighted by Gasteiger charge is 2.22. The Kier molecular flexibility index (Phi) is 2.94. The molecule has 0 amide bonds. The molecule has 1 heterocycles. The Morgan fingerprint density at radius 2 is 2.00 bits per heavy atom. The lowest BCUT2D eigenvalue weighted by Crippen LogP contribution is -2.91. The Labute approximate surface area is 70.6 Å². The Bertz CT molecular complexity index is 107. The Morgan fingerprint density at radius 3 is 2.45 bits per heavy atom. The Hall–Kier alpha value is -0.0400. The van der Waals surface area contributed by atoms with Crippen molar-refractivity contribution < 1.29 is 5.32 Å². The van der Waals surface area contributed by atoms with Crippen LogP contribution in [0.25, 0.3) is 0 Å². The van der Waals surface area contributed by atoms with Gasteiger partial charge < -0.3 is 5.32 Å². The molecular weight excluding hydrogens is 134 g/mol. The first-order valence-electron chi connectivity index (χ1n) is 4.91. The van der Waals surface area contributed by atoms with Crippen molar-refractivity contribution in [1.29, 1.82) is 0 Å². The minimum Gasteiger partial charge on any atom is -0.344 e. The molecule has 0 aromatic carbocycles. The second-order valence-electron chi connectivity index (χ2n) is 5.05. The van der Waals surface area contributed by atoms with Crippen molar-refractivity contribution in [3.63, 3.8) is 0 Å². The van der Waals surface area contributed by atoms with Gasteiger partial charge in [-0.25, -0.2) is 0 Å². The molecule has 1 atom stereocenters. The molecule has 0 bridgehead atoms. The van der Waals surface area contributed by atoms with Gasteiger partial charge in [0.15, 0.2) is 0 Å². The first kappa shape index (κ1) is 9.05. The molecule has 11 heavy (non-hydrogen) atoms. The van der Waals surface area contributed by atoms with Gasteiger partial charge in [-0.2, -0.15) is 0 Å². The monoisotopic (exact) mass is 156 g/mol. The van der Waals surface area contributed by atoms with Crippen molar-refractivity contribution in [3.8, 4) is 0 Å². The summed E-state index contributed by atoms with van der Waals surface area (Å²) in [4.78, 5) is 0. The maximum Gasteiger partial charge on any atom is 0.0864 e. The van der Waals surface area contributed by atoms with E-state index < -0.39 is 0 Å². The molecule has 1 fully saturated rings. The van der Waals surface area contributed by atoms with E-state index in [4.69, 9.17) is 0 Å². The van der Waals surface area contributed by atoms with Crippen LogP contribution in [0.5, 0.6) is 0 Å². The van der Waals surface area contributed by atoms with Crippen LogP contribution in [0.4, 0.5) is 0 Å². The van der Waals surface area contributed by atoms with Gasteiger partial charge in [0.2, 0.25) is 0 Å². The van der Waals surface area contributed by atoms with E-state index in [1.165, 1.54) is 32.2 Å². The molecule has 66 valence electrons. The molecule has 0 saturated carbocycles.